The minimum Gasteiger partial charge on any atom is -0.493 e. The van der Waals surface area contributed by atoms with Crippen LogP contribution in [0.2, 0.25) is 0 Å². The zero-order valence-corrected chi connectivity index (χ0v) is 14.1. The van der Waals surface area contributed by atoms with Crippen LogP contribution < -0.4 is 4.74 Å². The van der Waals surface area contributed by atoms with Gasteiger partial charge in [0.25, 0.3) is 0 Å². The molecule has 3 nitrogen and oxygen atoms in total. The highest BCUT2D eigenvalue weighted by molar-refractivity contribution is 8.13. The molecule has 1 unspecified atom stereocenters. The average molecular weight is 319 g/mol. The van der Waals surface area contributed by atoms with Crippen molar-refractivity contribution in [1.82, 2.24) is 0 Å². The molecule has 0 radical (unpaired) electrons. The highest BCUT2D eigenvalue weighted by Gasteiger charge is 2.17. The van der Waals surface area contributed by atoms with E-state index in [0.717, 1.165) is 5.75 Å². The van der Waals surface area contributed by atoms with E-state index in [-0.39, 0.29) is 17.1 Å². The fourth-order valence-electron chi connectivity index (χ4n) is 1.83. The maximum Gasteiger partial charge on any atom is 0.232 e. The molecule has 0 aliphatic rings. The van der Waals surface area contributed by atoms with Crippen LogP contribution in [-0.2, 0) is 14.5 Å². The average Bonchev–Trinajstić information content (AvgIpc) is 2.32. The van der Waals surface area contributed by atoms with Crippen molar-refractivity contribution in [1.29, 1.82) is 0 Å². The van der Waals surface area contributed by atoms with Crippen LogP contribution in [-0.4, -0.2) is 20.8 Å². The number of benzene rings is 1. The Morgan fingerprint density at radius 1 is 1.30 bits per heavy atom. The van der Waals surface area contributed by atoms with Gasteiger partial charge >= 0.3 is 0 Å². The van der Waals surface area contributed by atoms with Crippen molar-refractivity contribution in [2.45, 2.75) is 39.5 Å². The van der Waals surface area contributed by atoms with Gasteiger partial charge in [-0.1, -0.05) is 39.8 Å². The van der Waals surface area contributed by atoms with Crippen molar-refractivity contribution in [2.75, 3.05) is 12.4 Å². The Balaban J connectivity index is 2.69. The normalized spacial score (nSPS) is 14.1. The summed E-state index contributed by atoms with van der Waals surface area (Å²) < 4.78 is 27.9. The molecule has 0 spiro atoms. The van der Waals surface area contributed by atoms with E-state index in [9.17, 15) is 8.42 Å². The smallest absolute Gasteiger partial charge is 0.232 e. The maximum atomic E-state index is 11.1. The van der Waals surface area contributed by atoms with E-state index in [1.807, 2.05) is 25.1 Å². The Morgan fingerprint density at radius 3 is 2.45 bits per heavy atom. The summed E-state index contributed by atoms with van der Waals surface area (Å²) in [7, 11) is 1.81. The van der Waals surface area contributed by atoms with Crippen molar-refractivity contribution in [2.24, 2.45) is 5.92 Å². The van der Waals surface area contributed by atoms with Crippen LogP contribution in [0.4, 0.5) is 0 Å². The predicted molar refractivity (Wildman–Crippen MR) is 84.1 cm³/mol. The minimum atomic E-state index is -3.48. The molecule has 0 saturated carbocycles. The molecule has 0 saturated heterocycles. The molecule has 0 amide bonds. The predicted octanol–water partition coefficient (Wildman–Crippen LogP) is 3.96. The first-order chi connectivity index (χ1) is 9.12. The van der Waals surface area contributed by atoms with Gasteiger partial charge in [0.15, 0.2) is 0 Å². The lowest BCUT2D eigenvalue weighted by Gasteiger charge is -2.20. The second-order valence-electron chi connectivity index (χ2n) is 6.07. The summed E-state index contributed by atoms with van der Waals surface area (Å²) in [5.41, 5.74) is 1.25. The SMILES string of the molecule is CCC(COc1cccc(C(C)(C)C)c1)CS(=O)(=O)Cl. The summed E-state index contributed by atoms with van der Waals surface area (Å²) in [5, 5.41) is 0. The van der Waals surface area contributed by atoms with E-state index in [4.69, 9.17) is 15.4 Å². The van der Waals surface area contributed by atoms with Gasteiger partial charge in [0.05, 0.1) is 12.4 Å². The molecular formula is C15H23ClO3S. The Morgan fingerprint density at radius 2 is 1.95 bits per heavy atom. The summed E-state index contributed by atoms with van der Waals surface area (Å²) in [5.74, 6) is 0.628. The third-order valence-electron chi connectivity index (χ3n) is 3.20. The first-order valence-corrected chi connectivity index (χ1v) is 9.25. The van der Waals surface area contributed by atoms with Crippen LogP contribution in [0.3, 0.4) is 0 Å². The van der Waals surface area contributed by atoms with Crippen LogP contribution >= 0.6 is 10.7 Å². The van der Waals surface area contributed by atoms with Crippen molar-refractivity contribution in [3.63, 3.8) is 0 Å². The van der Waals surface area contributed by atoms with Gasteiger partial charge in [0.1, 0.15) is 5.75 Å². The van der Waals surface area contributed by atoms with Crippen LogP contribution in [0.25, 0.3) is 0 Å². The molecule has 1 atom stereocenters. The number of hydrogen-bond donors (Lipinski definition) is 0. The zero-order valence-electron chi connectivity index (χ0n) is 12.5. The standard InChI is InChI=1S/C15H23ClO3S/c1-5-12(11-20(16,17)18)10-19-14-8-6-7-13(9-14)15(2,3)4/h6-9,12H,5,10-11H2,1-4H3. The molecular weight excluding hydrogens is 296 g/mol. The molecule has 0 aliphatic carbocycles. The van der Waals surface area contributed by atoms with Crippen LogP contribution in [0.15, 0.2) is 24.3 Å². The fraction of sp³-hybridized carbons (Fsp3) is 0.600. The second kappa shape index (κ2) is 6.81. The molecule has 0 aromatic heterocycles. The first-order valence-electron chi connectivity index (χ1n) is 6.77. The molecule has 1 aromatic rings. The lowest BCUT2D eigenvalue weighted by molar-refractivity contribution is 0.257. The molecule has 5 heteroatoms. The van der Waals surface area contributed by atoms with Crippen LogP contribution in [0, 0.1) is 5.92 Å². The summed E-state index contributed by atoms with van der Waals surface area (Å²) in [6.07, 6.45) is 0.713. The number of hydrogen-bond acceptors (Lipinski definition) is 3. The van der Waals surface area contributed by atoms with E-state index in [1.54, 1.807) is 0 Å². The van der Waals surface area contributed by atoms with Crippen LogP contribution in [0.1, 0.15) is 39.7 Å². The summed E-state index contributed by atoms with van der Waals surface area (Å²) in [6.45, 7) is 8.71. The molecule has 0 bridgehead atoms. The monoisotopic (exact) mass is 318 g/mol. The van der Waals surface area contributed by atoms with E-state index in [2.05, 4.69) is 26.8 Å². The molecule has 20 heavy (non-hydrogen) atoms. The summed E-state index contributed by atoms with van der Waals surface area (Å²) >= 11 is 0. The van der Waals surface area contributed by atoms with Gasteiger partial charge in [-0.15, -0.1) is 0 Å². The van der Waals surface area contributed by atoms with Crippen molar-refractivity contribution < 1.29 is 13.2 Å². The molecule has 0 fully saturated rings. The topological polar surface area (TPSA) is 43.4 Å². The number of halogens is 1. The molecule has 0 heterocycles. The van der Waals surface area contributed by atoms with Gasteiger partial charge in [-0.3, -0.25) is 0 Å². The van der Waals surface area contributed by atoms with Gasteiger partial charge in [0.2, 0.25) is 9.05 Å². The largest absolute Gasteiger partial charge is 0.493 e. The Kier molecular flexibility index (Phi) is 5.90. The maximum absolute atomic E-state index is 11.1. The van der Waals surface area contributed by atoms with Gasteiger partial charge in [-0.05, 0) is 29.5 Å². The molecule has 1 rings (SSSR count). The van der Waals surface area contributed by atoms with Gasteiger partial charge in [-0.2, -0.15) is 0 Å². The quantitative estimate of drug-likeness (QED) is 0.746. The Hall–Kier alpha value is -0.740. The van der Waals surface area contributed by atoms with E-state index in [1.165, 1.54) is 5.56 Å². The third-order valence-corrected chi connectivity index (χ3v) is 4.45. The third kappa shape index (κ3) is 6.14. The molecule has 1 aromatic carbocycles. The van der Waals surface area contributed by atoms with E-state index < -0.39 is 9.05 Å². The van der Waals surface area contributed by atoms with Gasteiger partial charge in [-0.25, -0.2) is 8.42 Å². The fourth-order valence-corrected chi connectivity index (χ4v) is 3.26. The molecule has 0 aliphatic heterocycles. The van der Waals surface area contributed by atoms with E-state index >= 15 is 0 Å². The summed E-state index contributed by atoms with van der Waals surface area (Å²) in [6, 6.07) is 7.90. The number of rotatable bonds is 6. The molecule has 114 valence electrons. The molecule has 0 N–H and O–H groups in total. The van der Waals surface area contributed by atoms with Crippen molar-refractivity contribution in [3.8, 4) is 5.75 Å². The van der Waals surface area contributed by atoms with E-state index in [0.29, 0.717) is 13.0 Å². The van der Waals surface area contributed by atoms with Gasteiger partial charge in [0, 0.05) is 16.6 Å². The van der Waals surface area contributed by atoms with Crippen LogP contribution in [0.5, 0.6) is 5.75 Å². The lowest BCUT2D eigenvalue weighted by Crippen LogP contribution is -2.19. The first kappa shape index (κ1) is 17.3. The second-order valence-corrected chi connectivity index (χ2v) is 8.89. The Labute approximate surface area is 126 Å². The van der Waals surface area contributed by atoms with Crippen molar-refractivity contribution >= 4 is 19.7 Å². The van der Waals surface area contributed by atoms with Gasteiger partial charge < -0.3 is 4.74 Å². The van der Waals surface area contributed by atoms with Crippen molar-refractivity contribution in [3.05, 3.63) is 29.8 Å². The number of ether oxygens (including phenoxy) is 1. The highest BCUT2D eigenvalue weighted by atomic mass is 35.7. The zero-order chi connectivity index (χ0) is 15.4. The highest BCUT2D eigenvalue weighted by Crippen LogP contribution is 2.26. The Bertz CT molecular complexity index is 532. The summed E-state index contributed by atoms with van der Waals surface area (Å²) in [4.78, 5) is 0. The lowest BCUT2D eigenvalue weighted by atomic mass is 9.87. The minimum absolute atomic E-state index is 0.0516.